The van der Waals surface area contributed by atoms with E-state index in [-0.39, 0.29) is 29.6 Å². The molecule has 2 aromatic rings. The number of hydrogen-bond acceptors (Lipinski definition) is 7. The fraction of sp³-hybridized carbons (Fsp3) is 0.375. The summed E-state index contributed by atoms with van der Waals surface area (Å²) in [7, 11) is 0. The van der Waals surface area contributed by atoms with Gasteiger partial charge in [0.1, 0.15) is 23.1 Å². The number of nitrogens with one attached hydrogen (secondary N) is 1. The predicted octanol–water partition coefficient (Wildman–Crippen LogP) is 1.99. The Kier molecular flexibility index (Phi) is 7.61. The number of anilines is 1. The maximum atomic E-state index is 13.5. The number of carbonyl (C=O) groups is 2. The zero-order chi connectivity index (χ0) is 24.0. The number of nitriles is 1. The van der Waals surface area contributed by atoms with Gasteiger partial charge < -0.3 is 15.0 Å². The first kappa shape index (κ1) is 23.7. The fourth-order valence-electron chi connectivity index (χ4n) is 3.84. The van der Waals surface area contributed by atoms with Gasteiger partial charge in [-0.1, -0.05) is 12.1 Å². The largest absolute Gasteiger partial charge is 0.466 e. The molecule has 0 aliphatic carbocycles. The van der Waals surface area contributed by atoms with Crippen LogP contribution < -0.4 is 15.8 Å². The molecule has 3 heterocycles. The van der Waals surface area contributed by atoms with Crippen LogP contribution in [0.3, 0.4) is 0 Å². The van der Waals surface area contributed by atoms with Crippen LogP contribution in [0, 0.1) is 24.2 Å². The number of carbonyl (C=O) groups excluding carboxylic acids is 2. The van der Waals surface area contributed by atoms with Gasteiger partial charge in [-0.2, -0.15) is 5.26 Å². The topological polar surface area (TPSA) is 117 Å². The number of ether oxygens (including phenoxy) is 1. The van der Waals surface area contributed by atoms with Crippen LogP contribution in [0.4, 0.5) is 5.82 Å². The Bertz CT molecular complexity index is 1210. The molecule has 1 amide bonds. The minimum Gasteiger partial charge on any atom is -0.466 e. The number of fused-ring (bicyclic) bond motifs is 1. The normalized spacial score (nSPS) is 16.2. The van der Waals surface area contributed by atoms with Crippen LogP contribution in [0.15, 0.2) is 41.4 Å². The second-order valence-corrected chi connectivity index (χ2v) is 7.74. The molecule has 172 valence electrons. The van der Waals surface area contributed by atoms with Gasteiger partial charge in [0.2, 0.25) is 0 Å². The first-order valence-electron chi connectivity index (χ1n) is 10.9. The van der Waals surface area contributed by atoms with Crippen LogP contribution in [0.2, 0.25) is 0 Å². The molecule has 1 N–H and O–H groups in total. The monoisotopic (exact) mass is 449 g/mol. The molecule has 1 atom stereocenters. The van der Waals surface area contributed by atoms with Crippen LogP contribution in [-0.4, -0.2) is 47.5 Å². The first-order valence-corrected chi connectivity index (χ1v) is 10.9. The Morgan fingerprint density at radius 2 is 2.24 bits per heavy atom. The van der Waals surface area contributed by atoms with E-state index in [4.69, 9.17) is 9.72 Å². The lowest BCUT2D eigenvalue weighted by Crippen LogP contribution is -2.41. The molecule has 0 saturated carbocycles. The molecule has 2 aromatic heterocycles. The maximum Gasteiger partial charge on any atom is 0.310 e. The molecule has 0 radical (unpaired) electrons. The van der Waals surface area contributed by atoms with E-state index in [0.29, 0.717) is 44.0 Å². The van der Waals surface area contributed by atoms with Gasteiger partial charge in [-0.05, 0) is 44.4 Å². The van der Waals surface area contributed by atoms with Crippen LogP contribution in [0.5, 0.6) is 0 Å². The summed E-state index contributed by atoms with van der Waals surface area (Å²) in [5, 5.41) is 12.1. The number of pyridine rings is 1. The maximum absolute atomic E-state index is 13.5. The van der Waals surface area contributed by atoms with Crippen LogP contribution in [0.1, 0.15) is 30.9 Å². The van der Waals surface area contributed by atoms with Gasteiger partial charge >= 0.3 is 5.97 Å². The summed E-state index contributed by atoms with van der Waals surface area (Å²) >= 11 is 0. The van der Waals surface area contributed by atoms with Crippen molar-refractivity contribution in [1.82, 2.24) is 14.7 Å². The van der Waals surface area contributed by atoms with Crippen molar-refractivity contribution >= 4 is 29.4 Å². The average Bonchev–Trinajstić information content (AvgIpc) is 2.82. The first-order chi connectivity index (χ1) is 15.9. The number of amides is 1. The number of aryl methyl sites for hydroxylation is 1. The Balaban J connectivity index is 2.16. The molecular weight excluding hydrogens is 422 g/mol. The summed E-state index contributed by atoms with van der Waals surface area (Å²) in [6.07, 6.45) is 5.76. The lowest BCUT2D eigenvalue weighted by molar-refractivity contribution is -0.148. The molecule has 1 fully saturated rings. The Morgan fingerprint density at radius 1 is 1.45 bits per heavy atom. The summed E-state index contributed by atoms with van der Waals surface area (Å²) < 4.78 is 6.59. The van der Waals surface area contributed by atoms with Crippen molar-refractivity contribution < 1.29 is 14.3 Å². The minimum atomic E-state index is -0.611. The van der Waals surface area contributed by atoms with E-state index in [0.717, 1.165) is 5.56 Å². The number of nitrogens with zero attached hydrogens (tertiary/aromatic N) is 4. The van der Waals surface area contributed by atoms with Crippen molar-refractivity contribution in [1.29, 1.82) is 5.26 Å². The molecule has 1 aliphatic rings. The minimum absolute atomic E-state index is 0.118. The van der Waals surface area contributed by atoms with E-state index < -0.39 is 11.5 Å². The second kappa shape index (κ2) is 10.6. The number of aromatic nitrogens is 2. The molecule has 0 aromatic carbocycles. The SMILES string of the molecule is C=CCNC(=O)/C(C#N)=C/c1c(N2CCCC(C(=O)OCC)C2)nc2c(C)cccn2c1=O. The number of piperidine rings is 1. The second-order valence-electron chi connectivity index (χ2n) is 7.74. The van der Waals surface area contributed by atoms with Gasteiger partial charge in [0, 0.05) is 25.8 Å². The van der Waals surface area contributed by atoms with Crippen molar-refractivity contribution in [3.05, 3.63) is 58.0 Å². The zero-order valence-electron chi connectivity index (χ0n) is 18.8. The predicted molar refractivity (Wildman–Crippen MR) is 125 cm³/mol. The van der Waals surface area contributed by atoms with Gasteiger partial charge in [0.05, 0.1) is 18.1 Å². The molecule has 0 spiro atoms. The van der Waals surface area contributed by atoms with Crippen LogP contribution in [0.25, 0.3) is 11.7 Å². The highest BCUT2D eigenvalue weighted by molar-refractivity contribution is 6.02. The summed E-state index contributed by atoms with van der Waals surface area (Å²) in [6, 6.07) is 5.45. The van der Waals surface area contributed by atoms with Crippen molar-refractivity contribution in [2.75, 3.05) is 31.1 Å². The fourth-order valence-corrected chi connectivity index (χ4v) is 3.84. The Labute approximate surface area is 192 Å². The molecular formula is C24H27N5O4. The summed E-state index contributed by atoms with van der Waals surface area (Å²) in [6.45, 7) is 8.55. The molecule has 3 rings (SSSR count). The van der Waals surface area contributed by atoms with Gasteiger partial charge in [0.25, 0.3) is 11.5 Å². The highest BCUT2D eigenvalue weighted by Gasteiger charge is 2.30. The third kappa shape index (κ3) is 5.12. The molecule has 1 aliphatic heterocycles. The van der Waals surface area contributed by atoms with E-state index in [9.17, 15) is 19.6 Å². The lowest BCUT2D eigenvalue weighted by Gasteiger charge is -2.33. The van der Waals surface area contributed by atoms with Gasteiger partial charge in [-0.25, -0.2) is 4.98 Å². The summed E-state index contributed by atoms with van der Waals surface area (Å²) in [4.78, 5) is 44.8. The Morgan fingerprint density at radius 3 is 2.94 bits per heavy atom. The average molecular weight is 450 g/mol. The highest BCUT2D eigenvalue weighted by atomic mass is 16.5. The van der Waals surface area contributed by atoms with E-state index >= 15 is 0 Å². The van der Waals surface area contributed by atoms with Crippen LogP contribution in [-0.2, 0) is 14.3 Å². The standard InChI is InChI=1S/C24H27N5O4/c1-4-10-26-22(30)18(14-25)13-19-21(27-20-16(3)8-6-12-29(20)23(19)31)28-11-7-9-17(15-28)24(32)33-5-2/h4,6,8,12-13,17H,1,5,7,9-11,15H2,2-3H3,(H,26,30)/b18-13+. The van der Waals surface area contributed by atoms with Crippen molar-refractivity contribution in [3.63, 3.8) is 0 Å². The van der Waals surface area contributed by atoms with Crippen molar-refractivity contribution in [3.8, 4) is 6.07 Å². The van der Waals surface area contributed by atoms with E-state index in [1.54, 1.807) is 19.2 Å². The van der Waals surface area contributed by atoms with E-state index in [1.807, 2.05) is 24.0 Å². The number of rotatable bonds is 7. The summed E-state index contributed by atoms with van der Waals surface area (Å²) in [5.74, 6) is -0.902. The Hall–Kier alpha value is -3.93. The van der Waals surface area contributed by atoms with E-state index in [1.165, 1.54) is 16.6 Å². The molecule has 9 heteroatoms. The third-order valence-electron chi connectivity index (χ3n) is 5.47. The smallest absolute Gasteiger partial charge is 0.310 e. The number of esters is 1. The molecule has 1 saturated heterocycles. The van der Waals surface area contributed by atoms with Gasteiger partial charge in [-0.15, -0.1) is 6.58 Å². The zero-order valence-corrected chi connectivity index (χ0v) is 18.8. The van der Waals surface area contributed by atoms with Crippen LogP contribution >= 0.6 is 0 Å². The van der Waals surface area contributed by atoms with Crippen molar-refractivity contribution in [2.24, 2.45) is 5.92 Å². The highest BCUT2D eigenvalue weighted by Crippen LogP contribution is 2.26. The van der Waals surface area contributed by atoms with E-state index in [2.05, 4.69) is 11.9 Å². The molecule has 9 nitrogen and oxygen atoms in total. The van der Waals surface area contributed by atoms with Gasteiger partial charge in [0.15, 0.2) is 0 Å². The number of hydrogen-bond donors (Lipinski definition) is 1. The molecule has 33 heavy (non-hydrogen) atoms. The molecule has 1 unspecified atom stereocenters. The summed E-state index contributed by atoms with van der Waals surface area (Å²) in [5.41, 5.74) is 0.773. The quantitative estimate of drug-likeness (QED) is 0.297. The third-order valence-corrected chi connectivity index (χ3v) is 5.47. The molecule has 0 bridgehead atoms. The lowest BCUT2D eigenvalue weighted by atomic mass is 9.97. The van der Waals surface area contributed by atoms with Crippen molar-refractivity contribution in [2.45, 2.75) is 26.7 Å². The van der Waals surface area contributed by atoms with Gasteiger partial charge in [-0.3, -0.25) is 18.8 Å².